The van der Waals surface area contributed by atoms with Gasteiger partial charge in [-0.15, -0.1) is 0 Å². The van der Waals surface area contributed by atoms with Crippen LogP contribution in [-0.2, 0) is 0 Å². The predicted molar refractivity (Wildman–Crippen MR) is 84.4 cm³/mol. The molecule has 0 radical (unpaired) electrons. The second-order valence-corrected chi connectivity index (χ2v) is 6.36. The first kappa shape index (κ1) is 15.0. The van der Waals surface area contributed by atoms with Crippen LogP contribution in [0.2, 0.25) is 10.0 Å². The van der Waals surface area contributed by atoms with Crippen molar-refractivity contribution in [3.63, 3.8) is 0 Å². The van der Waals surface area contributed by atoms with Gasteiger partial charge in [0.2, 0.25) is 0 Å². The van der Waals surface area contributed by atoms with Crippen molar-refractivity contribution in [2.45, 2.75) is 44.2 Å². The monoisotopic (exact) mass is 300 g/mol. The number of benzene rings is 1. The van der Waals surface area contributed by atoms with Gasteiger partial charge < -0.3 is 10.2 Å². The molecule has 1 N–H and O–H groups in total. The Labute approximate surface area is 126 Å². The average molecular weight is 301 g/mol. The minimum Gasteiger partial charge on any atom is -0.381 e. The van der Waals surface area contributed by atoms with E-state index >= 15 is 0 Å². The molecule has 0 aliphatic heterocycles. The molecule has 0 aromatic heterocycles. The number of halogens is 2. The molecule has 19 heavy (non-hydrogen) atoms. The van der Waals surface area contributed by atoms with Crippen LogP contribution >= 0.6 is 23.2 Å². The highest BCUT2D eigenvalue weighted by Gasteiger charge is 2.25. The van der Waals surface area contributed by atoms with Gasteiger partial charge in [-0.25, -0.2) is 0 Å². The van der Waals surface area contributed by atoms with E-state index in [1.165, 1.54) is 32.1 Å². The number of nitrogens with one attached hydrogen (secondary N) is 1. The summed E-state index contributed by atoms with van der Waals surface area (Å²) < 4.78 is 0. The number of rotatable bonds is 3. The lowest BCUT2D eigenvalue weighted by Gasteiger charge is -2.32. The average Bonchev–Trinajstić information content (AvgIpc) is 2.59. The van der Waals surface area contributed by atoms with E-state index in [0.29, 0.717) is 22.1 Å². The van der Waals surface area contributed by atoms with E-state index in [1.54, 1.807) is 0 Å². The number of nitrogens with zero attached hydrogens (tertiary/aromatic N) is 1. The van der Waals surface area contributed by atoms with Crippen molar-refractivity contribution in [2.24, 2.45) is 0 Å². The Morgan fingerprint density at radius 3 is 2.47 bits per heavy atom. The molecular weight excluding hydrogens is 279 g/mol. The van der Waals surface area contributed by atoms with Crippen LogP contribution in [0.1, 0.15) is 32.1 Å². The molecule has 0 spiro atoms. The van der Waals surface area contributed by atoms with Gasteiger partial charge in [-0.3, -0.25) is 0 Å². The molecule has 4 heteroatoms. The highest BCUT2D eigenvalue weighted by Crippen LogP contribution is 2.28. The largest absolute Gasteiger partial charge is 0.381 e. The molecule has 2 rings (SSSR count). The molecule has 1 aromatic carbocycles. The van der Waals surface area contributed by atoms with Gasteiger partial charge >= 0.3 is 0 Å². The van der Waals surface area contributed by atoms with Gasteiger partial charge in [0.05, 0.1) is 10.0 Å². The van der Waals surface area contributed by atoms with E-state index in [-0.39, 0.29) is 0 Å². The second kappa shape index (κ2) is 6.83. The summed E-state index contributed by atoms with van der Waals surface area (Å²) in [6, 6.07) is 6.84. The van der Waals surface area contributed by atoms with Gasteiger partial charge in [0, 0.05) is 17.8 Å². The highest BCUT2D eigenvalue weighted by molar-refractivity contribution is 6.42. The fourth-order valence-electron chi connectivity index (χ4n) is 2.87. The minimum absolute atomic E-state index is 0.481. The number of anilines is 1. The third kappa shape index (κ3) is 4.01. The summed E-state index contributed by atoms with van der Waals surface area (Å²) >= 11 is 12.0. The normalized spacial score (nSPS) is 24.3. The Morgan fingerprint density at radius 1 is 1.05 bits per heavy atom. The lowest BCUT2D eigenvalue weighted by atomic mass is 10.0. The maximum Gasteiger partial charge on any atom is 0.0612 e. The molecule has 2 nitrogen and oxygen atoms in total. The van der Waals surface area contributed by atoms with Crippen LogP contribution in [0.15, 0.2) is 18.2 Å². The molecule has 2 unspecified atom stereocenters. The smallest absolute Gasteiger partial charge is 0.0612 e. The van der Waals surface area contributed by atoms with Crippen molar-refractivity contribution in [3.05, 3.63) is 28.2 Å². The van der Waals surface area contributed by atoms with Crippen molar-refractivity contribution in [2.75, 3.05) is 19.4 Å². The quantitative estimate of drug-likeness (QED) is 0.816. The summed E-state index contributed by atoms with van der Waals surface area (Å²) in [4.78, 5) is 2.33. The first-order chi connectivity index (χ1) is 9.08. The zero-order valence-corrected chi connectivity index (χ0v) is 13.1. The topological polar surface area (TPSA) is 15.3 Å². The molecule has 1 aromatic rings. The minimum atomic E-state index is 0.481. The zero-order valence-electron chi connectivity index (χ0n) is 11.6. The van der Waals surface area contributed by atoms with E-state index in [9.17, 15) is 0 Å². The summed E-state index contributed by atoms with van der Waals surface area (Å²) in [5, 5.41) is 4.86. The first-order valence-corrected chi connectivity index (χ1v) is 7.71. The van der Waals surface area contributed by atoms with Crippen LogP contribution in [0.5, 0.6) is 0 Å². The molecule has 0 bridgehead atoms. The molecular formula is C15H22Cl2N2. The van der Waals surface area contributed by atoms with Gasteiger partial charge in [0.1, 0.15) is 0 Å². The Bertz CT molecular complexity index is 421. The third-order valence-electron chi connectivity index (χ3n) is 3.91. The molecule has 0 heterocycles. The van der Waals surface area contributed by atoms with Crippen LogP contribution in [-0.4, -0.2) is 31.1 Å². The number of hydrogen-bond acceptors (Lipinski definition) is 2. The van der Waals surface area contributed by atoms with Crippen molar-refractivity contribution in [1.29, 1.82) is 0 Å². The number of hydrogen-bond donors (Lipinski definition) is 1. The third-order valence-corrected chi connectivity index (χ3v) is 4.65. The lowest BCUT2D eigenvalue weighted by Crippen LogP contribution is -2.42. The lowest BCUT2D eigenvalue weighted by molar-refractivity contribution is 0.251. The van der Waals surface area contributed by atoms with E-state index in [2.05, 4.69) is 24.3 Å². The maximum absolute atomic E-state index is 6.08. The molecule has 0 amide bonds. The Balaban J connectivity index is 2.11. The highest BCUT2D eigenvalue weighted by atomic mass is 35.5. The first-order valence-electron chi connectivity index (χ1n) is 6.96. The maximum atomic E-state index is 6.08. The Hall–Kier alpha value is -0.440. The summed E-state index contributed by atoms with van der Waals surface area (Å²) in [7, 11) is 4.33. The summed E-state index contributed by atoms with van der Waals surface area (Å²) in [6.07, 6.45) is 6.42. The molecule has 1 fully saturated rings. The molecule has 1 saturated carbocycles. The van der Waals surface area contributed by atoms with Gasteiger partial charge in [-0.05, 0) is 45.1 Å². The number of likely N-dealkylation sites (N-methyl/N-ethyl adjacent to an activating group) is 1. The van der Waals surface area contributed by atoms with Crippen molar-refractivity contribution < 1.29 is 0 Å². The van der Waals surface area contributed by atoms with E-state index in [4.69, 9.17) is 23.2 Å². The van der Waals surface area contributed by atoms with Crippen molar-refractivity contribution >= 4 is 28.9 Å². The fraction of sp³-hybridized carbons (Fsp3) is 0.600. The molecule has 1 aliphatic carbocycles. The van der Waals surface area contributed by atoms with Crippen molar-refractivity contribution in [1.82, 2.24) is 4.90 Å². The zero-order chi connectivity index (χ0) is 13.8. The molecule has 2 atom stereocenters. The summed E-state index contributed by atoms with van der Waals surface area (Å²) in [6.45, 7) is 0. The van der Waals surface area contributed by atoms with Gasteiger partial charge in [-0.2, -0.15) is 0 Å². The Kier molecular flexibility index (Phi) is 5.37. The van der Waals surface area contributed by atoms with E-state index in [1.807, 2.05) is 18.2 Å². The molecule has 1 aliphatic rings. The van der Waals surface area contributed by atoms with Crippen molar-refractivity contribution in [3.8, 4) is 0 Å². The van der Waals surface area contributed by atoms with Crippen LogP contribution in [0, 0.1) is 0 Å². The van der Waals surface area contributed by atoms with Crippen LogP contribution < -0.4 is 5.32 Å². The summed E-state index contributed by atoms with van der Waals surface area (Å²) in [5.41, 5.74) is 1.06. The van der Waals surface area contributed by atoms with Crippen LogP contribution in [0.4, 0.5) is 5.69 Å². The Morgan fingerprint density at radius 2 is 1.79 bits per heavy atom. The van der Waals surface area contributed by atoms with Gasteiger partial charge in [0.25, 0.3) is 0 Å². The van der Waals surface area contributed by atoms with Gasteiger partial charge in [0.15, 0.2) is 0 Å². The molecule has 106 valence electrons. The van der Waals surface area contributed by atoms with E-state index in [0.717, 1.165) is 5.69 Å². The van der Waals surface area contributed by atoms with E-state index < -0.39 is 0 Å². The summed E-state index contributed by atoms with van der Waals surface area (Å²) in [5.74, 6) is 0. The SMILES string of the molecule is CN(C)C1CCCCCC1Nc1ccc(Cl)c(Cl)c1. The fourth-order valence-corrected chi connectivity index (χ4v) is 3.17. The van der Waals surface area contributed by atoms with Gasteiger partial charge in [-0.1, -0.05) is 42.5 Å². The van der Waals surface area contributed by atoms with Crippen LogP contribution in [0.25, 0.3) is 0 Å². The predicted octanol–water partition coefficient (Wildman–Crippen LogP) is 4.67. The van der Waals surface area contributed by atoms with Crippen LogP contribution in [0.3, 0.4) is 0 Å². The standard InChI is InChI=1S/C15H22Cl2N2/c1-19(2)15-7-5-3-4-6-14(15)18-11-8-9-12(16)13(17)10-11/h8-10,14-15,18H,3-7H2,1-2H3. The second-order valence-electron chi connectivity index (χ2n) is 5.55. The molecule has 0 saturated heterocycles.